The van der Waals surface area contributed by atoms with Crippen LogP contribution in [-0.4, -0.2) is 59.6 Å². The van der Waals surface area contributed by atoms with Crippen molar-refractivity contribution < 1.29 is 22.7 Å². The van der Waals surface area contributed by atoms with Gasteiger partial charge in [0.05, 0.1) is 19.8 Å². The molecule has 1 aliphatic heterocycles. The van der Waals surface area contributed by atoms with Crippen molar-refractivity contribution in [3.05, 3.63) is 23.8 Å². The number of rotatable bonds is 6. The molecule has 0 amide bonds. The van der Waals surface area contributed by atoms with Crippen molar-refractivity contribution >= 4 is 28.4 Å². The van der Waals surface area contributed by atoms with Gasteiger partial charge in [0.15, 0.2) is 0 Å². The zero-order valence-corrected chi connectivity index (χ0v) is 16.3. The fourth-order valence-corrected chi connectivity index (χ4v) is 4.66. The lowest BCUT2D eigenvalue weighted by Crippen LogP contribution is -2.42. The number of halogens is 1. The second kappa shape index (κ2) is 9.38. The van der Waals surface area contributed by atoms with E-state index >= 15 is 0 Å². The molecule has 1 aromatic carbocycles. The van der Waals surface area contributed by atoms with Crippen molar-refractivity contribution in [2.24, 2.45) is 5.92 Å². The van der Waals surface area contributed by atoms with E-state index in [0.717, 1.165) is 19.4 Å². The molecule has 1 heterocycles. The van der Waals surface area contributed by atoms with E-state index in [4.69, 9.17) is 4.74 Å². The first-order valence-corrected chi connectivity index (χ1v) is 9.29. The van der Waals surface area contributed by atoms with Gasteiger partial charge in [0.2, 0.25) is 10.0 Å². The largest absolute Gasteiger partial charge is 0.495 e. The third-order valence-electron chi connectivity index (χ3n) is 4.18. The molecule has 1 fully saturated rings. The maximum absolute atomic E-state index is 13.0. The number of methoxy groups -OCH3 is 2. The number of piperidine rings is 1. The fourth-order valence-electron chi connectivity index (χ4n) is 2.97. The Morgan fingerprint density at radius 3 is 2.68 bits per heavy atom. The second-order valence-corrected chi connectivity index (χ2v) is 7.69. The molecule has 25 heavy (non-hydrogen) atoms. The lowest BCUT2D eigenvalue weighted by atomic mass is 10.00. The highest BCUT2D eigenvalue weighted by atomic mass is 35.5. The van der Waals surface area contributed by atoms with Gasteiger partial charge in [-0.2, -0.15) is 4.31 Å². The molecule has 9 heteroatoms. The van der Waals surface area contributed by atoms with Crippen molar-refractivity contribution in [1.29, 1.82) is 0 Å². The van der Waals surface area contributed by atoms with Crippen molar-refractivity contribution in [2.75, 3.05) is 40.9 Å². The fraction of sp³-hybridized carbons (Fsp3) is 0.562. The molecule has 0 spiro atoms. The number of hydrogen-bond donors (Lipinski definition) is 1. The highest BCUT2D eigenvalue weighted by Gasteiger charge is 2.32. The lowest BCUT2D eigenvalue weighted by molar-refractivity contribution is 0.0600. The minimum absolute atomic E-state index is 0. The Morgan fingerprint density at radius 1 is 1.36 bits per heavy atom. The molecular formula is C16H25ClN2O5S. The van der Waals surface area contributed by atoms with Gasteiger partial charge >= 0.3 is 5.97 Å². The third kappa shape index (κ3) is 4.84. The Bertz CT molecular complexity index is 694. The summed E-state index contributed by atoms with van der Waals surface area (Å²) in [7, 11) is 0.844. The van der Waals surface area contributed by atoms with E-state index in [1.807, 2.05) is 7.05 Å². The topological polar surface area (TPSA) is 84.9 Å². The van der Waals surface area contributed by atoms with Gasteiger partial charge in [-0.05, 0) is 50.6 Å². The predicted molar refractivity (Wildman–Crippen MR) is 97.0 cm³/mol. The van der Waals surface area contributed by atoms with Crippen molar-refractivity contribution in [2.45, 2.75) is 17.7 Å². The Morgan fingerprint density at radius 2 is 2.08 bits per heavy atom. The number of sulfonamides is 1. The highest BCUT2D eigenvalue weighted by Crippen LogP contribution is 2.30. The smallest absolute Gasteiger partial charge is 0.337 e. The summed E-state index contributed by atoms with van der Waals surface area (Å²) >= 11 is 0. The second-order valence-electron chi connectivity index (χ2n) is 5.79. The molecule has 1 atom stereocenters. The molecule has 0 bridgehead atoms. The molecule has 1 saturated heterocycles. The zero-order chi connectivity index (χ0) is 17.7. The van der Waals surface area contributed by atoms with Crippen LogP contribution in [0.1, 0.15) is 23.2 Å². The maximum Gasteiger partial charge on any atom is 0.337 e. The van der Waals surface area contributed by atoms with Crippen LogP contribution in [0.2, 0.25) is 0 Å². The molecule has 142 valence electrons. The number of carbonyl (C=O) groups excluding carboxylic acids is 1. The first kappa shape index (κ1) is 21.7. The number of hydrogen-bond acceptors (Lipinski definition) is 6. The van der Waals surface area contributed by atoms with Crippen molar-refractivity contribution in [1.82, 2.24) is 9.62 Å². The number of benzene rings is 1. The van der Waals surface area contributed by atoms with Gasteiger partial charge in [-0.3, -0.25) is 0 Å². The van der Waals surface area contributed by atoms with Crippen LogP contribution in [0, 0.1) is 5.92 Å². The summed E-state index contributed by atoms with van der Waals surface area (Å²) in [5.41, 5.74) is 0.250. The van der Waals surface area contributed by atoms with Crippen LogP contribution >= 0.6 is 12.4 Å². The van der Waals surface area contributed by atoms with Gasteiger partial charge in [-0.1, -0.05) is 0 Å². The first-order chi connectivity index (χ1) is 11.4. The minimum Gasteiger partial charge on any atom is -0.495 e. The molecule has 0 aromatic heterocycles. The Balaban J connectivity index is 0.00000312. The standard InChI is InChI=1S/C16H24N2O5S.ClH/c1-17-10-12-5-4-8-18(11-12)24(20,21)15-7-6-13(16(19)23-3)9-14(15)22-2;/h6-7,9,12,17H,4-5,8,10-11H2,1-3H3;1H. The average molecular weight is 393 g/mol. The van der Waals surface area contributed by atoms with E-state index in [1.165, 1.54) is 36.7 Å². The maximum atomic E-state index is 13.0. The zero-order valence-electron chi connectivity index (χ0n) is 14.6. The van der Waals surface area contributed by atoms with Gasteiger partial charge in [0.1, 0.15) is 10.6 Å². The van der Waals surface area contributed by atoms with E-state index in [1.54, 1.807) is 0 Å². The van der Waals surface area contributed by atoms with E-state index in [9.17, 15) is 13.2 Å². The third-order valence-corrected chi connectivity index (χ3v) is 6.08. The minimum atomic E-state index is -3.68. The van der Waals surface area contributed by atoms with Gasteiger partial charge in [-0.25, -0.2) is 13.2 Å². The quantitative estimate of drug-likeness (QED) is 0.739. The summed E-state index contributed by atoms with van der Waals surface area (Å²) in [4.78, 5) is 11.7. The molecule has 2 rings (SSSR count). The SMILES string of the molecule is CNCC1CCCN(S(=O)(=O)c2ccc(C(=O)OC)cc2OC)C1.Cl. The lowest BCUT2D eigenvalue weighted by Gasteiger charge is -2.32. The van der Waals surface area contributed by atoms with Gasteiger partial charge < -0.3 is 14.8 Å². The van der Waals surface area contributed by atoms with Gasteiger partial charge in [-0.15, -0.1) is 12.4 Å². The molecule has 0 saturated carbocycles. The molecule has 1 unspecified atom stereocenters. The number of carbonyl (C=O) groups is 1. The Kier molecular flexibility index (Phi) is 8.14. The van der Waals surface area contributed by atoms with Crippen LogP contribution in [0.4, 0.5) is 0 Å². The molecule has 0 radical (unpaired) electrons. The molecule has 1 aliphatic rings. The number of nitrogens with zero attached hydrogens (tertiary/aromatic N) is 1. The summed E-state index contributed by atoms with van der Waals surface area (Å²) in [5.74, 6) is -0.100. The number of nitrogens with one attached hydrogen (secondary N) is 1. The summed E-state index contributed by atoms with van der Waals surface area (Å²) < 4.78 is 37.3. The molecular weight excluding hydrogens is 368 g/mol. The van der Waals surface area contributed by atoms with E-state index in [-0.39, 0.29) is 28.6 Å². The van der Waals surface area contributed by atoms with Gasteiger partial charge in [0.25, 0.3) is 0 Å². The normalized spacial score (nSPS) is 18.3. The van der Waals surface area contributed by atoms with E-state index < -0.39 is 16.0 Å². The van der Waals surface area contributed by atoms with Crippen molar-refractivity contribution in [3.8, 4) is 5.75 Å². The van der Waals surface area contributed by atoms with Crippen LogP contribution in [0.3, 0.4) is 0 Å². The molecule has 1 aromatic rings. The molecule has 7 nitrogen and oxygen atoms in total. The van der Waals surface area contributed by atoms with Crippen LogP contribution < -0.4 is 10.1 Å². The summed E-state index contributed by atoms with van der Waals surface area (Å²) in [5, 5.41) is 3.10. The summed E-state index contributed by atoms with van der Waals surface area (Å²) in [6.07, 6.45) is 1.83. The average Bonchev–Trinajstić information content (AvgIpc) is 2.61. The van der Waals surface area contributed by atoms with Crippen LogP contribution in [-0.2, 0) is 14.8 Å². The van der Waals surface area contributed by atoms with Crippen LogP contribution in [0.25, 0.3) is 0 Å². The van der Waals surface area contributed by atoms with Crippen LogP contribution in [0.5, 0.6) is 5.75 Å². The van der Waals surface area contributed by atoms with Crippen molar-refractivity contribution in [3.63, 3.8) is 0 Å². The number of ether oxygens (including phenoxy) is 2. The number of esters is 1. The summed E-state index contributed by atoms with van der Waals surface area (Å²) in [6, 6.07) is 4.24. The first-order valence-electron chi connectivity index (χ1n) is 7.85. The highest BCUT2D eigenvalue weighted by molar-refractivity contribution is 7.89. The molecule has 0 aliphatic carbocycles. The molecule has 1 N–H and O–H groups in total. The van der Waals surface area contributed by atoms with E-state index in [2.05, 4.69) is 10.1 Å². The van der Waals surface area contributed by atoms with E-state index in [0.29, 0.717) is 19.0 Å². The Hall–Kier alpha value is -1.35. The van der Waals surface area contributed by atoms with Gasteiger partial charge in [0, 0.05) is 13.1 Å². The predicted octanol–water partition coefficient (Wildman–Crippen LogP) is 1.52. The monoisotopic (exact) mass is 392 g/mol. The Labute approximate surface area is 155 Å². The van der Waals surface area contributed by atoms with Crippen LogP contribution in [0.15, 0.2) is 23.1 Å². The summed E-state index contributed by atoms with van der Waals surface area (Å²) in [6.45, 7) is 1.75.